The van der Waals surface area contributed by atoms with E-state index in [1.165, 1.54) is 19.1 Å². The molecular formula is C39H63N13O10. The third-order valence-corrected chi connectivity index (χ3v) is 10.2. The van der Waals surface area contributed by atoms with Crippen LogP contribution < -0.4 is 65.1 Å². The Morgan fingerprint density at radius 1 is 0.645 bits per heavy atom. The highest BCUT2D eigenvalue weighted by Crippen LogP contribution is 2.27. The standard InChI is InChI=1S/C39H63N13O10/c1-19(2)16-28-35(58)47-26(9-13-41)32(55)46-27(10-14-42)34(57)50-30(20(3)53)37(60)44-15-11-24(43)31(54)45-25(8-12-40)33(56)49-29(36(59)48-28)18-52-38(61)22-7-6-21(51(4)5)17-23(22)39(52)62/h6-7,17,19-20,24-30,53H,8-16,18,40-43H2,1-5H3,(H,44,60)(H,45,54)(H,46,55)(H,47,58)(H,48,59)(H,49,56)(H,50,57)/t20-,24+,25+,26?,27+,28?,29?,30+/m1/s1. The molecule has 344 valence electrons. The molecule has 0 saturated carbocycles. The third-order valence-electron chi connectivity index (χ3n) is 10.2. The molecule has 23 heteroatoms. The number of carbonyl (C=O) groups excluding carboxylic acids is 9. The van der Waals surface area contributed by atoms with Crippen LogP contribution in [0, 0.1) is 5.92 Å². The van der Waals surface area contributed by atoms with Gasteiger partial charge in [-0.2, -0.15) is 0 Å². The Morgan fingerprint density at radius 2 is 1.10 bits per heavy atom. The summed E-state index contributed by atoms with van der Waals surface area (Å²) in [4.78, 5) is 126. The van der Waals surface area contributed by atoms with Gasteiger partial charge in [-0.3, -0.25) is 48.1 Å². The van der Waals surface area contributed by atoms with Crippen molar-refractivity contribution in [3.05, 3.63) is 29.3 Å². The van der Waals surface area contributed by atoms with Gasteiger partial charge in [-0.05, 0) is 82.8 Å². The summed E-state index contributed by atoms with van der Waals surface area (Å²) in [5.41, 5.74) is 24.2. The van der Waals surface area contributed by atoms with E-state index in [1.54, 1.807) is 38.9 Å². The SMILES string of the molecule is CC(C)CC1NC(=O)C(CN2C(=O)c3ccc(N(C)C)cc3C2=O)NC(=O)[C@H](CCN)NC(=O)[C@@H](N)CCNC(=O)[C@H]([C@@H](C)O)NC(=O)[C@H](CCN)NC(=O)C(CCN)NC1=O. The van der Waals surface area contributed by atoms with Crippen molar-refractivity contribution in [1.29, 1.82) is 0 Å². The number of fused-ring (bicyclic) bond motifs is 1. The Hall–Kier alpha value is -5.75. The Bertz CT molecular complexity index is 1830. The minimum atomic E-state index is -1.70. The lowest BCUT2D eigenvalue weighted by Crippen LogP contribution is -2.62. The molecule has 1 saturated heterocycles. The first-order chi connectivity index (χ1) is 29.2. The zero-order valence-corrected chi connectivity index (χ0v) is 35.8. The van der Waals surface area contributed by atoms with Gasteiger partial charge in [-0.15, -0.1) is 0 Å². The van der Waals surface area contributed by atoms with Gasteiger partial charge in [0.25, 0.3) is 11.8 Å². The molecule has 23 nitrogen and oxygen atoms in total. The number of hydrogen-bond acceptors (Lipinski definition) is 15. The number of nitrogens with one attached hydrogen (secondary N) is 7. The predicted molar refractivity (Wildman–Crippen MR) is 225 cm³/mol. The Labute approximate surface area is 359 Å². The highest BCUT2D eigenvalue weighted by molar-refractivity contribution is 6.22. The van der Waals surface area contributed by atoms with E-state index in [4.69, 9.17) is 22.9 Å². The number of nitrogens with two attached hydrogens (primary N) is 4. The van der Waals surface area contributed by atoms with Crippen LogP contribution in [0.25, 0.3) is 0 Å². The average Bonchev–Trinajstić information content (AvgIpc) is 3.44. The highest BCUT2D eigenvalue weighted by Gasteiger charge is 2.41. The maximum Gasteiger partial charge on any atom is 0.261 e. The summed E-state index contributed by atoms with van der Waals surface area (Å²) >= 11 is 0. The van der Waals surface area contributed by atoms with Crippen molar-refractivity contribution in [2.45, 2.75) is 101 Å². The van der Waals surface area contributed by atoms with E-state index in [0.717, 1.165) is 4.90 Å². The second-order valence-electron chi connectivity index (χ2n) is 15.9. The van der Waals surface area contributed by atoms with Crippen molar-refractivity contribution in [2.24, 2.45) is 28.9 Å². The monoisotopic (exact) mass is 873 g/mol. The number of aliphatic hydroxyl groups is 1. The Balaban J connectivity index is 2.09. The highest BCUT2D eigenvalue weighted by atomic mass is 16.3. The molecule has 1 fully saturated rings. The molecule has 1 aromatic carbocycles. The number of hydrogen-bond donors (Lipinski definition) is 12. The van der Waals surface area contributed by atoms with Crippen LogP contribution in [-0.4, -0.2) is 158 Å². The molecule has 8 atom stereocenters. The molecule has 2 aliphatic heterocycles. The molecule has 0 bridgehead atoms. The van der Waals surface area contributed by atoms with Gasteiger partial charge in [-0.25, -0.2) is 0 Å². The Kier molecular flexibility index (Phi) is 19.1. The van der Waals surface area contributed by atoms with Crippen LogP contribution in [-0.2, 0) is 33.6 Å². The first-order valence-corrected chi connectivity index (χ1v) is 20.6. The summed E-state index contributed by atoms with van der Waals surface area (Å²) in [6.07, 6.45) is -2.00. The summed E-state index contributed by atoms with van der Waals surface area (Å²) in [5.74, 6) is -7.95. The van der Waals surface area contributed by atoms with Crippen LogP contribution in [0.2, 0.25) is 0 Å². The van der Waals surface area contributed by atoms with Crippen molar-refractivity contribution in [1.82, 2.24) is 42.1 Å². The van der Waals surface area contributed by atoms with Gasteiger partial charge in [0.1, 0.15) is 36.3 Å². The van der Waals surface area contributed by atoms with E-state index in [0.29, 0.717) is 5.69 Å². The number of benzene rings is 1. The maximum atomic E-state index is 14.3. The van der Waals surface area contributed by atoms with Gasteiger partial charge in [0.15, 0.2) is 0 Å². The molecule has 1 aromatic rings. The molecular weight excluding hydrogens is 811 g/mol. The van der Waals surface area contributed by atoms with E-state index in [1.807, 2.05) is 0 Å². The molecule has 0 radical (unpaired) electrons. The molecule has 16 N–H and O–H groups in total. The second-order valence-corrected chi connectivity index (χ2v) is 15.9. The largest absolute Gasteiger partial charge is 0.391 e. The van der Waals surface area contributed by atoms with Crippen LogP contribution in [0.4, 0.5) is 5.69 Å². The summed E-state index contributed by atoms with van der Waals surface area (Å²) in [6, 6.07) is -5.37. The number of imide groups is 1. The van der Waals surface area contributed by atoms with Crippen LogP contribution in [0.15, 0.2) is 18.2 Å². The summed E-state index contributed by atoms with van der Waals surface area (Å²) in [7, 11) is 3.49. The maximum absolute atomic E-state index is 14.3. The van der Waals surface area contributed by atoms with Crippen molar-refractivity contribution >= 4 is 58.9 Å². The number of carbonyl (C=O) groups is 9. The van der Waals surface area contributed by atoms with E-state index in [-0.39, 0.29) is 75.3 Å². The van der Waals surface area contributed by atoms with Crippen molar-refractivity contribution in [3.8, 4) is 0 Å². The van der Waals surface area contributed by atoms with Crippen LogP contribution >= 0.6 is 0 Å². The molecule has 62 heavy (non-hydrogen) atoms. The fraction of sp³-hybridized carbons (Fsp3) is 0.615. The average molecular weight is 874 g/mol. The molecule has 0 aromatic heterocycles. The van der Waals surface area contributed by atoms with E-state index in [9.17, 15) is 48.3 Å². The predicted octanol–water partition coefficient (Wildman–Crippen LogP) is -5.42. The second kappa shape index (κ2) is 23.5. The lowest BCUT2D eigenvalue weighted by Gasteiger charge is -2.29. The lowest BCUT2D eigenvalue weighted by molar-refractivity contribution is -0.136. The van der Waals surface area contributed by atoms with E-state index >= 15 is 0 Å². The van der Waals surface area contributed by atoms with Crippen molar-refractivity contribution < 1.29 is 48.3 Å². The number of aliphatic hydroxyl groups excluding tert-OH is 1. The van der Waals surface area contributed by atoms with E-state index in [2.05, 4.69) is 37.2 Å². The summed E-state index contributed by atoms with van der Waals surface area (Å²) in [5, 5.41) is 28.0. The minimum Gasteiger partial charge on any atom is -0.391 e. The van der Waals surface area contributed by atoms with Gasteiger partial charge in [0.2, 0.25) is 41.4 Å². The fourth-order valence-corrected chi connectivity index (χ4v) is 6.73. The molecule has 0 aliphatic carbocycles. The Morgan fingerprint density at radius 3 is 1.60 bits per heavy atom. The first-order valence-electron chi connectivity index (χ1n) is 20.6. The third kappa shape index (κ3) is 13.6. The van der Waals surface area contributed by atoms with Crippen LogP contribution in [0.3, 0.4) is 0 Å². The van der Waals surface area contributed by atoms with E-state index < -0.39 is 108 Å². The summed E-state index contributed by atoms with van der Waals surface area (Å²) in [6.45, 7) is 3.52. The van der Waals surface area contributed by atoms with Gasteiger partial charge >= 0.3 is 0 Å². The summed E-state index contributed by atoms with van der Waals surface area (Å²) < 4.78 is 0. The minimum absolute atomic E-state index is 0.000276. The van der Waals surface area contributed by atoms with Crippen molar-refractivity contribution in [2.75, 3.05) is 51.7 Å². The number of rotatable bonds is 12. The van der Waals surface area contributed by atoms with Gasteiger partial charge in [0.05, 0.1) is 29.8 Å². The molecule has 3 unspecified atom stereocenters. The van der Waals surface area contributed by atoms with Crippen molar-refractivity contribution in [3.63, 3.8) is 0 Å². The molecule has 3 rings (SSSR count). The zero-order valence-electron chi connectivity index (χ0n) is 35.8. The van der Waals surface area contributed by atoms with Gasteiger partial charge in [0, 0.05) is 26.3 Å². The quantitative estimate of drug-likeness (QED) is 0.0873. The molecule has 2 heterocycles. The number of nitrogens with zero attached hydrogens (tertiary/aromatic N) is 2. The first kappa shape index (κ1) is 50.6. The van der Waals surface area contributed by atoms with Crippen LogP contribution in [0.5, 0.6) is 0 Å². The topological polar surface area (TPSA) is 369 Å². The number of anilines is 1. The smallest absolute Gasteiger partial charge is 0.261 e. The van der Waals surface area contributed by atoms with Gasteiger partial charge in [-0.1, -0.05) is 13.8 Å². The zero-order chi connectivity index (χ0) is 46.4. The van der Waals surface area contributed by atoms with Crippen LogP contribution in [0.1, 0.15) is 73.6 Å². The molecule has 9 amide bonds. The van der Waals surface area contributed by atoms with Gasteiger partial charge < -0.3 is 70.2 Å². The lowest BCUT2D eigenvalue weighted by atomic mass is 10.0. The molecule has 0 spiro atoms. The fourth-order valence-electron chi connectivity index (χ4n) is 6.73. The normalized spacial score (nSPS) is 25.8. The number of amides is 9. The molecule has 2 aliphatic rings.